The highest BCUT2D eigenvalue weighted by Crippen LogP contribution is 2.24. The predicted octanol–water partition coefficient (Wildman–Crippen LogP) is 4.61. The van der Waals surface area contributed by atoms with Crippen LogP contribution in [0.2, 0.25) is 0 Å². The maximum absolute atomic E-state index is 5.70. The van der Waals surface area contributed by atoms with Crippen molar-refractivity contribution in [3.8, 4) is 0 Å². The van der Waals surface area contributed by atoms with Gasteiger partial charge in [0.25, 0.3) is 0 Å². The van der Waals surface area contributed by atoms with Gasteiger partial charge in [0.15, 0.2) is 5.82 Å². The number of hydrogen-bond donors (Lipinski definition) is 1. The number of nitrogens with zero attached hydrogens (tertiary/aromatic N) is 2. The molecule has 0 bridgehead atoms. The number of nitrogens with one attached hydrogen (secondary N) is 1. The highest BCUT2D eigenvalue weighted by atomic mass is 32.1. The van der Waals surface area contributed by atoms with Gasteiger partial charge in [-0.3, -0.25) is 0 Å². The standard InChI is InChI=1S/C16H25N3OS/c1-3-4-5-6-7-8-10-20-12-14-18-15(17-2)13-9-11-21-16(13)19-14/h9,11H,3-8,10,12H2,1-2H3,(H,17,18,19). The van der Waals surface area contributed by atoms with Crippen LogP contribution in [0.25, 0.3) is 10.2 Å². The Kier molecular flexibility index (Phi) is 6.89. The molecule has 0 spiro atoms. The van der Waals surface area contributed by atoms with E-state index in [0.717, 1.165) is 34.9 Å². The van der Waals surface area contributed by atoms with Gasteiger partial charge >= 0.3 is 0 Å². The third kappa shape index (κ3) is 4.93. The van der Waals surface area contributed by atoms with Crippen molar-refractivity contribution in [2.45, 2.75) is 52.1 Å². The van der Waals surface area contributed by atoms with Crippen LogP contribution in [-0.4, -0.2) is 23.6 Å². The Hall–Kier alpha value is -1.20. The van der Waals surface area contributed by atoms with E-state index in [0.29, 0.717) is 6.61 Å². The molecule has 0 amide bonds. The molecule has 0 saturated carbocycles. The quantitative estimate of drug-likeness (QED) is 0.651. The van der Waals surface area contributed by atoms with Crippen molar-refractivity contribution in [1.82, 2.24) is 9.97 Å². The SMILES string of the molecule is CCCCCCCCOCc1nc(NC)c2ccsc2n1. The van der Waals surface area contributed by atoms with Crippen LogP contribution in [0.3, 0.4) is 0 Å². The number of ether oxygens (including phenoxy) is 1. The molecule has 116 valence electrons. The molecule has 0 fully saturated rings. The van der Waals surface area contributed by atoms with Crippen LogP contribution >= 0.6 is 11.3 Å². The second kappa shape index (κ2) is 8.95. The molecular formula is C16H25N3OS. The van der Waals surface area contributed by atoms with Gasteiger partial charge in [-0.25, -0.2) is 9.97 Å². The number of unbranched alkanes of at least 4 members (excludes halogenated alkanes) is 5. The normalized spacial score (nSPS) is 11.1. The molecular weight excluding hydrogens is 282 g/mol. The summed E-state index contributed by atoms with van der Waals surface area (Å²) in [4.78, 5) is 10.1. The van der Waals surface area contributed by atoms with Crippen molar-refractivity contribution in [2.75, 3.05) is 19.0 Å². The van der Waals surface area contributed by atoms with Crippen LogP contribution in [-0.2, 0) is 11.3 Å². The molecule has 2 aromatic heterocycles. The molecule has 21 heavy (non-hydrogen) atoms. The summed E-state index contributed by atoms with van der Waals surface area (Å²) in [5, 5.41) is 6.25. The first-order valence-electron chi connectivity index (χ1n) is 7.84. The molecule has 4 nitrogen and oxygen atoms in total. The summed E-state index contributed by atoms with van der Waals surface area (Å²) in [7, 11) is 1.89. The van der Waals surface area contributed by atoms with Gasteiger partial charge in [-0.05, 0) is 17.9 Å². The molecule has 0 unspecified atom stereocenters. The van der Waals surface area contributed by atoms with Gasteiger partial charge in [0.2, 0.25) is 0 Å². The van der Waals surface area contributed by atoms with E-state index in [1.807, 2.05) is 18.5 Å². The zero-order chi connectivity index (χ0) is 14.9. The molecule has 0 aliphatic rings. The van der Waals surface area contributed by atoms with E-state index < -0.39 is 0 Å². The molecule has 0 atom stereocenters. The molecule has 0 radical (unpaired) electrons. The van der Waals surface area contributed by atoms with E-state index in [1.165, 1.54) is 32.1 Å². The molecule has 0 aliphatic carbocycles. The van der Waals surface area contributed by atoms with Gasteiger partial charge in [0.05, 0.1) is 5.39 Å². The lowest BCUT2D eigenvalue weighted by molar-refractivity contribution is 0.111. The zero-order valence-corrected chi connectivity index (χ0v) is 13.8. The Bertz CT molecular complexity index is 541. The average molecular weight is 307 g/mol. The first-order valence-corrected chi connectivity index (χ1v) is 8.72. The van der Waals surface area contributed by atoms with E-state index in [9.17, 15) is 0 Å². The third-order valence-electron chi connectivity index (χ3n) is 3.48. The summed E-state index contributed by atoms with van der Waals surface area (Å²) >= 11 is 1.64. The minimum atomic E-state index is 0.498. The summed E-state index contributed by atoms with van der Waals surface area (Å²) in [5.41, 5.74) is 0. The summed E-state index contributed by atoms with van der Waals surface area (Å²) in [6.45, 7) is 3.54. The van der Waals surface area contributed by atoms with Gasteiger partial charge in [-0.2, -0.15) is 0 Å². The molecule has 5 heteroatoms. The molecule has 2 aromatic rings. The lowest BCUT2D eigenvalue weighted by Gasteiger charge is -2.06. The van der Waals surface area contributed by atoms with Gasteiger partial charge in [0, 0.05) is 13.7 Å². The molecule has 2 rings (SSSR count). The van der Waals surface area contributed by atoms with Crippen LogP contribution in [0, 0.1) is 0 Å². The van der Waals surface area contributed by atoms with Crippen molar-refractivity contribution in [2.24, 2.45) is 0 Å². The van der Waals surface area contributed by atoms with E-state index in [-0.39, 0.29) is 0 Å². The lowest BCUT2D eigenvalue weighted by Crippen LogP contribution is -2.03. The Morgan fingerprint density at radius 3 is 2.76 bits per heavy atom. The summed E-state index contributed by atoms with van der Waals surface area (Å²) in [6, 6.07) is 2.05. The first kappa shape index (κ1) is 16.2. The second-order valence-corrected chi connectivity index (χ2v) is 6.09. The van der Waals surface area contributed by atoms with Crippen molar-refractivity contribution in [1.29, 1.82) is 0 Å². The Balaban J connectivity index is 1.73. The fourth-order valence-corrected chi connectivity index (χ4v) is 3.09. The number of rotatable bonds is 10. The van der Waals surface area contributed by atoms with Crippen molar-refractivity contribution < 1.29 is 4.74 Å². The van der Waals surface area contributed by atoms with Gasteiger partial charge < -0.3 is 10.1 Å². The fourth-order valence-electron chi connectivity index (χ4n) is 2.30. The number of anilines is 1. The second-order valence-electron chi connectivity index (χ2n) is 5.20. The number of thiophene rings is 1. The number of fused-ring (bicyclic) bond motifs is 1. The Morgan fingerprint density at radius 2 is 1.95 bits per heavy atom. The van der Waals surface area contributed by atoms with Gasteiger partial charge in [0.1, 0.15) is 17.3 Å². The smallest absolute Gasteiger partial charge is 0.158 e. The highest BCUT2D eigenvalue weighted by Gasteiger charge is 2.07. The summed E-state index contributed by atoms with van der Waals surface area (Å²) < 4.78 is 5.70. The Morgan fingerprint density at radius 1 is 1.14 bits per heavy atom. The molecule has 1 N–H and O–H groups in total. The number of aromatic nitrogens is 2. The lowest BCUT2D eigenvalue weighted by atomic mass is 10.1. The minimum absolute atomic E-state index is 0.498. The van der Waals surface area contributed by atoms with Crippen LogP contribution in [0.5, 0.6) is 0 Å². The first-order chi connectivity index (χ1) is 10.3. The molecule has 0 aromatic carbocycles. The van der Waals surface area contributed by atoms with Crippen molar-refractivity contribution in [3.63, 3.8) is 0 Å². The van der Waals surface area contributed by atoms with Crippen LogP contribution in [0.15, 0.2) is 11.4 Å². The van der Waals surface area contributed by atoms with Crippen molar-refractivity contribution in [3.05, 3.63) is 17.3 Å². The van der Waals surface area contributed by atoms with E-state index in [4.69, 9.17) is 4.74 Å². The summed E-state index contributed by atoms with van der Waals surface area (Å²) in [5.74, 6) is 1.65. The maximum Gasteiger partial charge on any atom is 0.158 e. The fraction of sp³-hybridized carbons (Fsp3) is 0.625. The van der Waals surface area contributed by atoms with E-state index in [1.54, 1.807) is 11.3 Å². The minimum Gasteiger partial charge on any atom is -0.373 e. The van der Waals surface area contributed by atoms with Crippen molar-refractivity contribution >= 4 is 27.4 Å². The monoisotopic (exact) mass is 307 g/mol. The zero-order valence-electron chi connectivity index (χ0n) is 13.0. The topological polar surface area (TPSA) is 47.0 Å². The van der Waals surface area contributed by atoms with Crippen LogP contribution in [0.1, 0.15) is 51.3 Å². The third-order valence-corrected chi connectivity index (χ3v) is 4.29. The molecule has 0 aliphatic heterocycles. The Labute approximate surface area is 131 Å². The number of hydrogen-bond acceptors (Lipinski definition) is 5. The molecule has 0 saturated heterocycles. The van der Waals surface area contributed by atoms with Gasteiger partial charge in [-0.15, -0.1) is 11.3 Å². The highest BCUT2D eigenvalue weighted by molar-refractivity contribution is 7.16. The molecule has 2 heterocycles. The average Bonchev–Trinajstić information content (AvgIpc) is 2.97. The van der Waals surface area contributed by atoms with Crippen LogP contribution < -0.4 is 5.32 Å². The largest absolute Gasteiger partial charge is 0.373 e. The maximum atomic E-state index is 5.70. The van der Waals surface area contributed by atoms with E-state index in [2.05, 4.69) is 22.2 Å². The predicted molar refractivity (Wildman–Crippen MR) is 90.0 cm³/mol. The summed E-state index contributed by atoms with van der Waals surface area (Å²) in [6.07, 6.45) is 7.70. The van der Waals surface area contributed by atoms with Gasteiger partial charge in [-0.1, -0.05) is 39.0 Å². The van der Waals surface area contributed by atoms with Crippen LogP contribution in [0.4, 0.5) is 5.82 Å². The van der Waals surface area contributed by atoms with E-state index >= 15 is 0 Å².